The van der Waals surface area contributed by atoms with E-state index in [9.17, 15) is 22.4 Å². The Hall–Kier alpha value is -4.06. The van der Waals surface area contributed by atoms with Crippen molar-refractivity contribution in [1.29, 1.82) is 0 Å². The summed E-state index contributed by atoms with van der Waals surface area (Å²) in [4.78, 5) is 17.3. The van der Waals surface area contributed by atoms with E-state index >= 15 is 0 Å². The predicted molar refractivity (Wildman–Crippen MR) is 139 cm³/mol. The van der Waals surface area contributed by atoms with Gasteiger partial charge in [-0.1, -0.05) is 6.08 Å². The minimum atomic E-state index is -4.60. The lowest BCUT2D eigenvalue weighted by atomic mass is 9.92. The fraction of sp³-hybridized carbons (Fsp3) is 0.333. The van der Waals surface area contributed by atoms with Gasteiger partial charge in [-0.2, -0.15) is 13.2 Å². The zero-order chi connectivity index (χ0) is 27.6. The van der Waals surface area contributed by atoms with Crippen LogP contribution in [0.2, 0.25) is 0 Å². The maximum absolute atomic E-state index is 14.3. The molecule has 0 aliphatic carbocycles. The van der Waals surface area contributed by atoms with Crippen LogP contribution in [0, 0.1) is 11.7 Å². The van der Waals surface area contributed by atoms with Crippen molar-refractivity contribution in [2.24, 2.45) is 13.0 Å². The van der Waals surface area contributed by atoms with E-state index in [2.05, 4.69) is 25.8 Å². The van der Waals surface area contributed by atoms with Crippen LogP contribution in [0.25, 0.3) is 11.0 Å². The molecule has 206 valence electrons. The number of anilines is 2. The first-order valence-corrected chi connectivity index (χ1v) is 12.5. The lowest BCUT2D eigenvalue weighted by Crippen LogP contribution is -2.54. The fourth-order valence-corrected chi connectivity index (χ4v) is 5.02. The molecule has 2 unspecified atom stereocenters. The number of amides is 1. The van der Waals surface area contributed by atoms with E-state index < -0.39 is 23.3 Å². The van der Waals surface area contributed by atoms with Crippen LogP contribution >= 0.6 is 0 Å². The zero-order valence-electron chi connectivity index (χ0n) is 21.1. The molecule has 3 N–H and O–H groups in total. The van der Waals surface area contributed by atoms with Gasteiger partial charge >= 0.3 is 6.18 Å². The van der Waals surface area contributed by atoms with E-state index in [4.69, 9.17) is 4.74 Å². The Labute approximate surface area is 222 Å². The van der Waals surface area contributed by atoms with Crippen LogP contribution in [0.5, 0.6) is 5.75 Å². The van der Waals surface area contributed by atoms with Crippen LogP contribution in [0.15, 0.2) is 60.8 Å². The second-order valence-electron chi connectivity index (χ2n) is 9.58. The van der Waals surface area contributed by atoms with Crippen molar-refractivity contribution in [2.45, 2.75) is 18.3 Å². The lowest BCUT2D eigenvalue weighted by molar-refractivity contribution is -0.137. The second-order valence-corrected chi connectivity index (χ2v) is 9.58. The number of aryl methyl sites for hydroxylation is 1. The van der Waals surface area contributed by atoms with Crippen molar-refractivity contribution in [2.75, 3.05) is 31.5 Å². The standard InChI is InChI=1S/C27H28F4N6O2/c1-36-24-7-5-20(15-23(24)35-25(36)34-22-14-18(27(29,30)31)4-6-21(22)28)39-26(9-2-3-10-33-26)19-8-12-37(16-19)13-11-32-17-38/h2-7,9-10,14-15,17,19,33H,8,11-13,16H2,1H3,(H,32,38)(H,34,35). The highest BCUT2D eigenvalue weighted by atomic mass is 19.4. The largest absolute Gasteiger partial charge is 0.464 e. The molecule has 1 aromatic heterocycles. The summed E-state index contributed by atoms with van der Waals surface area (Å²) in [7, 11) is 1.69. The van der Waals surface area contributed by atoms with Gasteiger partial charge in [-0.25, -0.2) is 9.37 Å². The Kier molecular flexibility index (Phi) is 7.21. The summed E-state index contributed by atoms with van der Waals surface area (Å²) in [6.45, 7) is 2.96. The van der Waals surface area contributed by atoms with Gasteiger partial charge in [-0.3, -0.25) is 4.79 Å². The van der Waals surface area contributed by atoms with E-state index in [1.54, 1.807) is 29.8 Å². The molecule has 2 aliphatic rings. The van der Waals surface area contributed by atoms with Crippen molar-refractivity contribution >= 4 is 29.1 Å². The summed E-state index contributed by atoms with van der Waals surface area (Å²) in [5.74, 6) is 0.0299. The molecule has 39 heavy (non-hydrogen) atoms. The molecule has 3 aromatic rings. The fourth-order valence-electron chi connectivity index (χ4n) is 5.02. The number of imidazole rings is 1. The molecule has 1 fully saturated rings. The number of carbonyl (C=O) groups is 1. The third-order valence-electron chi connectivity index (χ3n) is 7.07. The van der Waals surface area contributed by atoms with E-state index in [-0.39, 0.29) is 17.6 Å². The number of hydrogen-bond donors (Lipinski definition) is 3. The Morgan fingerprint density at radius 2 is 2.08 bits per heavy atom. The van der Waals surface area contributed by atoms with Crippen molar-refractivity contribution in [3.05, 3.63) is 72.2 Å². The van der Waals surface area contributed by atoms with Crippen molar-refractivity contribution in [3.8, 4) is 5.75 Å². The van der Waals surface area contributed by atoms with E-state index in [1.165, 1.54) is 0 Å². The van der Waals surface area contributed by atoms with E-state index in [0.29, 0.717) is 35.8 Å². The molecule has 1 amide bonds. The number of halogens is 4. The second kappa shape index (κ2) is 10.6. The van der Waals surface area contributed by atoms with Gasteiger partial charge in [0.15, 0.2) is 0 Å². The first-order valence-electron chi connectivity index (χ1n) is 12.5. The molecular weight excluding hydrogens is 516 g/mol. The number of aromatic nitrogens is 2. The summed E-state index contributed by atoms with van der Waals surface area (Å²) in [5, 5.41) is 8.76. The minimum Gasteiger partial charge on any atom is -0.464 e. The SMILES string of the molecule is Cn1c(Nc2cc(C(F)(F)F)ccc2F)nc2cc(OC3(C4CCN(CCNC=O)C4)C=CC=CN3)ccc21. The maximum Gasteiger partial charge on any atom is 0.416 e. The maximum atomic E-state index is 14.3. The van der Waals surface area contributed by atoms with Crippen LogP contribution in [-0.2, 0) is 18.0 Å². The quantitative estimate of drug-likeness (QED) is 0.212. The van der Waals surface area contributed by atoms with Gasteiger partial charge < -0.3 is 30.2 Å². The molecule has 2 atom stereocenters. The average Bonchev–Trinajstić information content (AvgIpc) is 3.50. The minimum absolute atomic E-state index is 0.121. The van der Waals surface area contributed by atoms with Gasteiger partial charge in [0.05, 0.1) is 22.3 Å². The van der Waals surface area contributed by atoms with Crippen molar-refractivity contribution < 1.29 is 27.1 Å². The molecule has 2 aliphatic heterocycles. The number of hydrogen-bond acceptors (Lipinski definition) is 6. The highest BCUT2D eigenvalue weighted by Gasteiger charge is 2.43. The number of rotatable bonds is 9. The molecule has 5 rings (SSSR count). The molecule has 8 nitrogen and oxygen atoms in total. The van der Waals surface area contributed by atoms with E-state index in [1.807, 2.05) is 24.4 Å². The number of dihydropyridines is 1. The molecule has 3 heterocycles. The summed E-state index contributed by atoms with van der Waals surface area (Å²) < 4.78 is 61.9. The van der Waals surface area contributed by atoms with Crippen molar-refractivity contribution in [1.82, 2.24) is 25.1 Å². The van der Waals surface area contributed by atoms with Gasteiger partial charge in [0.1, 0.15) is 11.6 Å². The highest BCUT2D eigenvalue weighted by molar-refractivity contribution is 5.81. The summed E-state index contributed by atoms with van der Waals surface area (Å²) in [5.41, 5.74) is -0.863. The van der Waals surface area contributed by atoms with Crippen LogP contribution in [0.1, 0.15) is 12.0 Å². The lowest BCUT2D eigenvalue weighted by Gasteiger charge is -2.38. The van der Waals surface area contributed by atoms with Crippen LogP contribution in [0.3, 0.4) is 0 Å². The number of allylic oxidation sites excluding steroid dienone is 2. The molecule has 0 saturated carbocycles. The Morgan fingerprint density at radius 1 is 1.23 bits per heavy atom. The van der Waals surface area contributed by atoms with Crippen LogP contribution < -0.4 is 20.7 Å². The number of benzene rings is 2. The van der Waals surface area contributed by atoms with Gasteiger partial charge in [0.2, 0.25) is 18.1 Å². The van der Waals surface area contributed by atoms with Crippen molar-refractivity contribution in [3.63, 3.8) is 0 Å². The Bertz CT molecular complexity index is 1420. The van der Waals surface area contributed by atoms with Gasteiger partial charge in [-0.15, -0.1) is 0 Å². The Balaban J connectivity index is 1.38. The molecule has 0 radical (unpaired) electrons. The third-order valence-corrected chi connectivity index (χ3v) is 7.07. The van der Waals surface area contributed by atoms with Crippen LogP contribution in [0.4, 0.5) is 29.2 Å². The number of fused-ring (bicyclic) bond motifs is 1. The number of alkyl halides is 3. The number of nitrogens with zero attached hydrogens (tertiary/aromatic N) is 3. The third kappa shape index (κ3) is 5.56. The van der Waals surface area contributed by atoms with Gasteiger partial charge in [0, 0.05) is 44.9 Å². The van der Waals surface area contributed by atoms with Crippen LogP contribution in [-0.4, -0.2) is 52.8 Å². The molecular formula is C27H28F4N6O2. The van der Waals surface area contributed by atoms with Gasteiger partial charge in [-0.05, 0) is 55.4 Å². The number of nitrogens with one attached hydrogen (secondary N) is 3. The van der Waals surface area contributed by atoms with E-state index in [0.717, 1.165) is 38.2 Å². The summed E-state index contributed by atoms with van der Waals surface area (Å²) >= 11 is 0. The number of ether oxygens (including phenoxy) is 1. The summed E-state index contributed by atoms with van der Waals surface area (Å²) in [6, 6.07) is 7.55. The topological polar surface area (TPSA) is 83.5 Å². The average molecular weight is 545 g/mol. The predicted octanol–water partition coefficient (Wildman–Crippen LogP) is 4.29. The normalized spacial score (nSPS) is 21.2. The number of likely N-dealkylation sites (tertiary alicyclic amines) is 1. The Morgan fingerprint density at radius 3 is 2.82 bits per heavy atom. The zero-order valence-corrected chi connectivity index (χ0v) is 21.1. The highest BCUT2D eigenvalue weighted by Crippen LogP contribution is 2.36. The molecule has 12 heteroatoms. The molecule has 1 saturated heterocycles. The number of carbonyl (C=O) groups excluding carboxylic acids is 1. The summed E-state index contributed by atoms with van der Waals surface area (Å²) in [6.07, 6.45) is 4.61. The smallest absolute Gasteiger partial charge is 0.416 e. The van der Waals surface area contributed by atoms with Gasteiger partial charge in [0.25, 0.3) is 0 Å². The molecule has 2 aromatic carbocycles. The molecule has 0 spiro atoms. The monoisotopic (exact) mass is 544 g/mol. The first-order chi connectivity index (χ1) is 18.7. The molecule has 0 bridgehead atoms. The first kappa shape index (κ1) is 26.5.